The van der Waals surface area contributed by atoms with Gasteiger partial charge in [-0.25, -0.2) is 13.1 Å². The Morgan fingerprint density at radius 1 is 0.963 bits per heavy atom. The molecule has 27 heavy (non-hydrogen) atoms. The molecule has 0 aliphatic rings. The van der Waals surface area contributed by atoms with Crippen LogP contribution in [-0.4, -0.2) is 24.3 Å². The van der Waals surface area contributed by atoms with Crippen molar-refractivity contribution in [1.29, 1.82) is 0 Å². The smallest absolute Gasteiger partial charge is 0.251 e. The third-order valence-corrected chi connectivity index (χ3v) is 5.15. The summed E-state index contributed by atoms with van der Waals surface area (Å²) in [5, 5.41) is 2.73. The first-order valence-electron chi connectivity index (χ1n) is 8.21. The molecule has 0 saturated heterocycles. The van der Waals surface area contributed by atoms with Gasteiger partial charge >= 0.3 is 0 Å². The Morgan fingerprint density at radius 2 is 1.85 bits per heavy atom. The molecule has 3 aromatic rings. The quantitative estimate of drug-likeness (QED) is 0.650. The van der Waals surface area contributed by atoms with Crippen LogP contribution >= 0.6 is 0 Å². The van der Waals surface area contributed by atoms with Crippen molar-refractivity contribution >= 4 is 15.9 Å². The number of carbonyl (C=O) groups excluding carboxylic acids is 1. The van der Waals surface area contributed by atoms with Crippen LogP contribution in [0.2, 0.25) is 0 Å². The zero-order valence-electron chi connectivity index (χ0n) is 14.4. The van der Waals surface area contributed by atoms with Gasteiger partial charge in [0.25, 0.3) is 5.91 Å². The van der Waals surface area contributed by atoms with Gasteiger partial charge in [-0.05, 0) is 42.0 Å². The molecule has 2 aromatic heterocycles. The zero-order valence-corrected chi connectivity index (χ0v) is 15.2. The number of nitrogens with one attached hydrogen (secondary N) is 2. The number of carbonyl (C=O) groups is 1. The van der Waals surface area contributed by atoms with Gasteiger partial charge in [-0.2, -0.15) is 0 Å². The molecular weight excluding hydrogens is 364 g/mol. The van der Waals surface area contributed by atoms with Crippen molar-refractivity contribution in [2.45, 2.75) is 18.0 Å². The fourth-order valence-corrected chi connectivity index (χ4v) is 3.41. The number of sulfonamides is 1. The highest BCUT2D eigenvalue weighted by molar-refractivity contribution is 7.89. The zero-order chi connectivity index (χ0) is 19.1. The van der Waals surface area contributed by atoms with Crippen molar-refractivity contribution in [3.8, 4) is 0 Å². The van der Waals surface area contributed by atoms with E-state index in [-0.39, 0.29) is 29.5 Å². The van der Waals surface area contributed by atoms with Crippen LogP contribution in [0, 0.1) is 0 Å². The minimum atomic E-state index is -3.75. The lowest BCUT2D eigenvalue weighted by atomic mass is 10.2. The number of amides is 1. The molecule has 0 aliphatic carbocycles. The van der Waals surface area contributed by atoms with E-state index in [1.165, 1.54) is 18.2 Å². The Balaban J connectivity index is 1.67. The van der Waals surface area contributed by atoms with Crippen LogP contribution in [0.1, 0.15) is 21.6 Å². The van der Waals surface area contributed by atoms with E-state index in [0.29, 0.717) is 5.69 Å². The fraction of sp³-hybridized carbons (Fsp3) is 0.105. The molecule has 0 bridgehead atoms. The highest BCUT2D eigenvalue weighted by Gasteiger charge is 2.16. The topological polar surface area (TPSA) is 101 Å². The molecule has 3 rings (SSSR count). The third-order valence-electron chi connectivity index (χ3n) is 3.75. The maximum atomic E-state index is 12.5. The van der Waals surface area contributed by atoms with Crippen LogP contribution in [-0.2, 0) is 23.1 Å². The summed E-state index contributed by atoms with van der Waals surface area (Å²) in [4.78, 5) is 20.4. The molecule has 1 amide bonds. The summed E-state index contributed by atoms with van der Waals surface area (Å²) in [7, 11) is -3.75. The second kappa shape index (κ2) is 8.52. The highest BCUT2D eigenvalue weighted by Crippen LogP contribution is 2.12. The summed E-state index contributed by atoms with van der Waals surface area (Å²) in [6.45, 7) is 0.377. The summed E-state index contributed by atoms with van der Waals surface area (Å²) in [5.41, 5.74) is 1.72. The molecule has 0 spiro atoms. The van der Waals surface area contributed by atoms with Gasteiger partial charge < -0.3 is 5.32 Å². The Bertz CT molecular complexity index is 1010. The Labute approximate surface area is 157 Å². The van der Waals surface area contributed by atoms with E-state index in [2.05, 4.69) is 20.0 Å². The van der Waals surface area contributed by atoms with Crippen molar-refractivity contribution in [3.05, 3.63) is 90.0 Å². The lowest BCUT2D eigenvalue weighted by Crippen LogP contribution is -2.25. The lowest BCUT2D eigenvalue weighted by molar-refractivity contribution is 0.0950. The number of hydrogen-bond donors (Lipinski definition) is 2. The Kier molecular flexibility index (Phi) is 5.90. The number of rotatable bonds is 7. The van der Waals surface area contributed by atoms with Gasteiger partial charge in [0, 0.05) is 30.7 Å². The molecule has 138 valence electrons. The summed E-state index contributed by atoms with van der Waals surface area (Å²) in [5.74, 6) is -0.370. The standard InChI is InChI=1S/C19H18N4O3S/c24-19(22-14-17-7-1-2-10-21-17)16-6-3-8-18(11-16)27(25,26)23-13-15-5-4-9-20-12-15/h1-12,23H,13-14H2,(H,22,24). The minimum Gasteiger partial charge on any atom is -0.346 e. The maximum absolute atomic E-state index is 12.5. The highest BCUT2D eigenvalue weighted by atomic mass is 32.2. The second-order valence-electron chi connectivity index (χ2n) is 5.72. The molecule has 0 atom stereocenters. The van der Waals surface area contributed by atoms with E-state index >= 15 is 0 Å². The van der Waals surface area contributed by atoms with E-state index in [0.717, 1.165) is 5.56 Å². The molecule has 7 nitrogen and oxygen atoms in total. The number of benzene rings is 1. The van der Waals surface area contributed by atoms with E-state index in [1.807, 2.05) is 6.07 Å². The molecule has 0 radical (unpaired) electrons. The lowest BCUT2D eigenvalue weighted by Gasteiger charge is -2.09. The molecule has 0 fully saturated rings. The predicted octanol–water partition coefficient (Wildman–Crippen LogP) is 1.89. The normalized spacial score (nSPS) is 11.1. The predicted molar refractivity (Wildman–Crippen MR) is 100 cm³/mol. The van der Waals surface area contributed by atoms with Gasteiger partial charge in [0.05, 0.1) is 17.1 Å². The van der Waals surface area contributed by atoms with Crippen molar-refractivity contribution < 1.29 is 13.2 Å². The number of nitrogens with zero attached hydrogens (tertiary/aromatic N) is 2. The number of hydrogen-bond acceptors (Lipinski definition) is 5. The van der Waals surface area contributed by atoms with Gasteiger partial charge in [0.1, 0.15) is 0 Å². The van der Waals surface area contributed by atoms with E-state index in [9.17, 15) is 13.2 Å². The van der Waals surface area contributed by atoms with E-state index in [4.69, 9.17) is 0 Å². The van der Waals surface area contributed by atoms with Crippen LogP contribution in [0.3, 0.4) is 0 Å². The van der Waals surface area contributed by atoms with Crippen molar-refractivity contribution in [1.82, 2.24) is 20.0 Å². The van der Waals surface area contributed by atoms with Crippen LogP contribution in [0.15, 0.2) is 78.1 Å². The fourth-order valence-electron chi connectivity index (χ4n) is 2.34. The van der Waals surface area contributed by atoms with E-state index in [1.54, 1.807) is 48.9 Å². The number of pyridine rings is 2. The van der Waals surface area contributed by atoms with Crippen molar-refractivity contribution in [3.63, 3.8) is 0 Å². The van der Waals surface area contributed by atoms with Gasteiger partial charge in [0.2, 0.25) is 10.0 Å². The molecule has 1 aromatic carbocycles. The van der Waals surface area contributed by atoms with Crippen LogP contribution in [0.25, 0.3) is 0 Å². The Hall–Kier alpha value is -3.10. The first-order valence-corrected chi connectivity index (χ1v) is 9.70. The molecule has 0 saturated carbocycles. The minimum absolute atomic E-state index is 0.0249. The molecular formula is C19H18N4O3S. The first kappa shape index (κ1) is 18.7. The van der Waals surface area contributed by atoms with Crippen LogP contribution in [0.5, 0.6) is 0 Å². The molecule has 2 heterocycles. The summed E-state index contributed by atoms with van der Waals surface area (Å²) < 4.78 is 27.5. The second-order valence-corrected chi connectivity index (χ2v) is 7.48. The molecule has 8 heteroatoms. The molecule has 0 unspecified atom stereocenters. The summed E-state index contributed by atoms with van der Waals surface area (Å²) >= 11 is 0. The number of aromatic nitrogens is 2. The average molecular weight is 382 g/mol. The van der Waals surface area contributed by atoms with Crippen LogP contribution in [0.4, 0.5) is 0 Å². The van der Waals surface area contributed by atoms with Crippen LogP contribution < -0.4 is 10.0 Å². The third kappa shape index (κ3) is 5.19. The van der Waals surface area contributed by atoms with E-state index < -0.39 is 10.0 Å². The monoisotopic (exact) mass is 382 g/mol. The van der Waals surface area contributed by atoms with Crippen molar-refractivity contribution in [2.75, 3.05) is 0 Å². The summed E-state index contributed by atoms with van der Waals surface area (Å²) in [6.07, 6.45) is 4.84. The SMILES string of the molecule is O=C(NCc1ccccn1)c1cccc(S(=O)(=O)NCc2cccnc2)c1. The van der Waals surface area contributed by atoms with Crippen molar-refractivity contribution in [2.24, 2.45) is 0 Å². The Morgan fingerprint density at radius 3 is 2.59 bits per heavy atom. The average Bonchev–Trinajstić information content (AvgIpc) is 2.72. The largest absolute Gasteiger partial charge is 0.346 e. The first-order chi connectivity index (χ1) is 13.0. The molecule has 2 N–H and O–H groups in total. The van der Waals surface area contributed by atoms with Gasteiger partial charge in [-0.15, -0.1) is 0 Å². The van der Waals surface area contributed by atoms with Gasteiger partial charge in [-0.3, -0.25) is 14.8 Å². The van der Waals surface area contributed by atoms with Gasteiger partial charge in [-0.1, -0.05) is 18.2 Å². The summed E-state index contributed by atoms with van der Waals surface area (Å²) in [6, 6.07) is 14.8. The molecule has 0 aliphatic heterocycles. The maximum Gasteiger partial charge on any atom is 0.251 e. The van der Waals surface area contributed by atoms with Gasteiger partial charge in [0.15, 0.2) is 0 Å².